The van der Waals surface area contributed by atoms with Gasteiger partial charge in [0.15, 0.2) is 15.6 Å². The van der Waals surface area contributed by atoms with Crippen molar-refractivity contribution in [2.45, 2.75) is 4.90 Å². The second-order valence-corrected chi connectivity index (χ2v) is 9.02. The number of nitrogens with zero attached hydrogens (tertiary/aromatic N) is 1. The number of H-pyrrole nitrogens is 1. The average molecular weight is 467 g/mol. The van der Waals surface area contributed by atoms with Crippen molar-refractivity contribution in [1.82, 2.24) is 4.98 Å². The molecule has 1 aromatic heterocycles. The predicted molar refractivity (Wildman–Crippen MR) is 114 cm³/mol. The highest BCUT2D eigenvalue weighted by Gasteiger charge is 2.22. The maximum Gasteiger partial charge on any atom is 0.288 e. The van der Waals surface area contributed by atoms with Crippen molar-refractivity contribution in [3.05, 3.63) is 84.6 Å². The fourth-order valence-corrected chi connectivity index (χ4v) is 4.28. The van der Waals surface area contributed by atoms with Gasteiger partial charge in [-0.25, -0.2) is 8.42 Å². The molecule has 3 rings (SSSR count). The lowest BCUT2D eigenvalue weighted by molar-refractivity contribution is -0.384. The summed E-state index contributed by atoms with van der Waals surface area (Å²) in [6, 6.07) is 9.63. The van der Waals surface area contributed by atoms with Crippen molar-refractivity contribution in [1.29, 1.82) is 0 Å². The third-order valence-electron chi connectivity index (χ3n) is 4.07. The van der Waals surface area contributed by atoms with Crippen LogP contribution in [-0.2, 0) is 14.6 Å². The van der Waals surface area contributed by atoms with Crippen molar-refractivity contribution in [2.75, 3.05) is 5.75 Å². The summed E-state index contributed by atoms with van der Waals surface area (Å²) in [4.78, 5) is 36.5. The number of benzene rings is 2. The number of sulfone groups is 1. The predicted octanol–water partition coefficient (Wildman–Crippen LogP) is 3.80. The maximum absolute atomic E-state index is 12.6. The van der Waals surface area contributed by atoms with Crippen LogP contribution in [0.2, 0.25) is 10.0 Å². The first-order valence-corrected chi connectivity index (χ1v) is 10.7. The molecule has 0 atom stereocenters. The van der Waals surface area contributed by atoms with E-state index in [2.05, 4.69) is 4.98 Å². The zero-order valence-electron chi connectivity index (χ0n) is 15.0. The van der Waals surface area contributed by atoms with E-state index in [0.717, 1.165) is 12.1 Å². The van der Waals surface area contributed by atoms with Crippen LogP contribution in [-0.4, -0.2) is 29.9 Å². The fourth-order valence-electron chi connectivity index (χ4n) is 2.66. The molecule has 0 unspecified atom stereocenters. The van der Waals surface area contributed by atoms with Crippen molar-refractivity contribution in [3.63, 3.8) is 0 Å². The van der Waals surface area contributed by atoms with E-state index >= 15 is 0 Å². The number of ketones is 1. The summed E-state index contributed by atoms with van der Waals surface area (Å²) >= 11 is 11.6. The molecule has 0 aliphatic rings. The van der Waals surface area contributed by atoms with E-state index in [0.29, 0.717) is 15.9 Å². The molecule has 0 amide bonds. The van der Waals surface area contributed by atoms with Crippen molar-refractivity contribution >= 4 is 61.5 Å². The highest BCUT2D eigenvalue weighted by molar-refractivity contribution is 7.92. The van der Waals surface area contributed by atoms with Crippen LogP contribution in [0, 0.1) is 10.1 Å². The Bertz CT molecular complexity index is 1380. The topological polar surface area (TPSA) is 127 Å². The van der Waals surface area contributed by atoms with Gasteiger partial charge in [0.1, 0.15) is 15.7 Å². The molecule has 8 nitrogen and oxygen atoms in total. The van der Waals surface area contributed by atoms with Gasteiger partial charge < -0.3 is 4.98 Å². The summed E-state index contributed by atoms with van der Waals surface area (Å²) < 4.78 is 25.1. The van der Waals surface area contributed by atoms with E-state index in [4.69, 9.17) is 23.2 Å². The van der Waals surface area contributed by atoms with Gasteiger partial charge in [-0.05, 0) is 41.3 Å². The van der Waals surface area contributed by atoms with Crippen LogP contribution in [0.15, 0.2) is 58.2 Å². The minimum Gasteiger partial charge on any atom is -0.321 e. The molecular weight excluding hydrogens is 455 g/mol. The highest BCUT2D eigenvalue weighted by Crippen LogP contribution is 2.25. The van der Waals surface area contributed by atoms with Crippen molar-refractivity contribution in [2.24, 2.45) is 0 Å². The number of aromatic amines is 1. The van der Waals surface area contributed by atoms with Crippen LogP contribution in [0.1, 0.15) is 5.56 Å². The van der Waals surface area contributed by atoms with Crippen LogP contribution in [0.3, 0.4) is 0 Å². The molecule has 0 saturated heterocycles. The number of carbonyl (C=O) groups excluding carboxylic acids is 1. The molecule has 0 spiro atoms. The molecule has 0 saturated carbocycles. The Labute approximate surface area is 179 Å². The van der Waals surface area contributed by atoms with Gasteiger partial charge in [0.2, 0.25) is 0 Å². The maximum atomic E-state index is 12.6. The Morgan fingerprint density at radius 1 is 1.13 bits per heavy atom. The summed E-state index contributed by atoms with van der Waals surface area (Å²) in [6.45, 7) is 0. The number of allylic oxidation sites excluding steroid dienone is 1. The highest BCUT2D eigenvalue weighted by atomic mass is 35.5. The molecule has 3 aromatic rings. The van der Waals surface area contributed by atoms with E-state index in [1.165, 1.54) is 36.4 Å². The van der Waals surface area contributed by atoms with Crippen molar-refractivity contribution in [3.8, 4) is 0 Å². The number of hydrogen-bond donors (Lipinski definition) is 1. The summed E-state index contributed by atoms with van der Waals surface area (Å²) in [6.07, 6.45) is 2.20. The molecule has 0 aliphatic carbocycles. The first-order valence-electron chi connectivity index (χ1n) is 8.27. The molecule has 0 radical (unpaired) electrons. The molecule has 1 N–H and O–H groups in total. The van der Waals surface area contributed by atoms with Crippen LogP contribution in [0.4, 0.5) is 5.69 Å². The van der Waals surface area contributed by atoms with Crippen molar-refractivity contribution < 1.29 is 18.1 Å². The van der Waals surface area contributed by atoms with Gasteiger partial charge in [0.25, 0.3) is 11.2 Å². The molecule has 0 fully saturated rings. The van der Waals surface area contributed by atoms with E-state index in [1.54, 1.807) is 6.07 Å². The monoisotopic (exact) mass is 466 g/mol. The van der Waals surface area contributed by atoms with Gasteiger partial charge in [-0.2, -0.15) is 0 Å². The first-order chi connectivity index (χ1) is 14.1. The lowest BCUT2D eigenvalue weighted by atomic mass is 10.2. The van der Waals surface area contributed by atoms with E-state index in [-0.39, 0.29) is 16.3 Å². The zero-order valence-corrected chi connectivity index (χ0v) is 17.3. The number of nitro groups is 1. The van der Waals surface area contributed by atoms with E-state index in [9.17, 15) is 28.1 Å². The number of pyridine rings is 1. The lowest BCUT2D eigenvalue weighted by Gasteiger charge is -2.04. The Kier molecular flexibility index (Phi) is 6.06. The number of fused-ring (bicyclic) bond motifs is 1. The average Bonchev–Trinajstić information content (AvgIpc) is 2.66. The molecule has 2 aromatic carbocycles. The summed E-state index contributed by atoms with van der Waals surface area (Å²) in [5, 5.41) is 11.7. The largest absolute Gasteiger partial charge is 0.321 e. The Morgan fingerprint density at radius 2 is 1.87 bits per heavy atom. The van der Waals surface area contributed by atoms with Gasteiger partial charge in [0.05, 0.1) is 4.92 Å². The standard InChI is InChI=1S/C19H12Cl2N2O6S/c20-13-4-3-12-8-18(19(25)22-16(12)9-13)30(28,29)10-14(24)5-1-11-2-6-15(21)17(7-11)23(26)27/h1-9H,10H2,(H,22,25). The van der Waals surface area contributed by atoms with Gasteiger partial charge >= 0.3 is 0 Å². The van der Waals surface area contributed by atoms with Gasteiger partial charge in [0, 0.05) is 16.6 Å². The molecule has 1 heterocycles. The molecule has 0 bridgehead atoms. The molecular formula is C19H12Cl2N2O6S. The normalized spacial score (nSPS) is 11.8. The van der Waals surface area contributed by atoms with Gasteiger partial charge in [-0.15, -0.1) is 0 Å². The van der Waals surface area contributed by atoms with Crippen LogP contribution in [0.5, 0.6) is 0 Å². The van der Waals surface area contributed by atoms with E-state index in [1.807, 2.05) is 0 Å². The number of nitro benzene ring substituents is 1. The summed E-state index contributed by atoms with van der Waals surface area (Å²) in [7, 11) is -4.23. The van der Waals surface area contributed by atoms with Crippen LogP contribution in [0.25, 0.3) is 17.0 Å². The SMILES string of the molecule is O=C(C=Cc1ccc(Cl)c([N+](=O)[O-])c1)CS(=O)(=O)c1cc2ccc(Cl)cc2[nH]c1=O. The number of hydrogen-bond acceptors (Lipinski definition) is 6. The molecule has 30 heavy (non-hydrogen) atoms. The first kappa shape index (κ1) is 21.7. The summed E-state index contributed by atoms with van der Waals surface area (Å²) in [5.74, 6) is -1.75. The smallest absolute Gasteiger partial charge is 0.288 e. The Morgan fingerprint density at radius 3 is 2.57 bits per heavy atom. The Balaban J connectivity index is 1.85. The molecule has 0 aliphatic heterocycles. The van der Waals surface area contributed by atoms with E-state index < -0.39 is 36.8 Å². The van der Waals surface area contributed by atoms with Crippen LogP contribution >= 0.6 is 23.2 Å². The summed E-state index contributed by atoms with van der Waals surface area (Å²) in [5.41, 5.74) is -0.559. The number of nitrogens with one attached hydrogen (secondary N) is 1. The quantitative estimate of drug-likeness (QED) is 0.334. The minimum atomic E-state index is -4.23. The fraction of sp³-hybridized carbons (Fsp3) is 0.0526. The number of aromatic nitrogens is 1. The minimum absolute atomic E-state index is 0.0668. The Hall–Kier alpha value is -3.01. The third kappa shape index (κ3) is 4.76. The van der Waals surface area contributed by atoms with Gasteiger partial charge in [-0.1, -0.05) is 41.4 Å². The lowest BCUT2D eigenvalue weighted by Crippen LogP contribution is -2.22. The van der Waals surface area contributed by atoms with Crippen LogP contribution < -0.4 is 5.56 Å². The second kappa shape index (κ2) is 8.39. The molecule has 11 heteroatoms. The second-order valence-electron chi connectivity index (χ2n) is 6.22. The molecule has 154 valence electrons. The van der Waals surface area contributed by atoms with Gasteiger partial charge in [-0.3, -0.25) is 19.7 Å². The zero-order chi connectivity index (χ0) is 22.1. The third-order valence-corrected chi connectivity index (χ3v) is 6.26. The number of carbonyl (C=O) groups is 1. The number of halogens is 2. The number of rotatable bonds is 6.